The normalized spacial score (nSPS) is 21.0. The zero-order chi connectivity index (χ0) is 13.7. The van der Waals surface area contributed by atoms with Gasteiger partial charge in [-0.15, -0.1) is 0 Å². The van der Waals surface area contributed by atoms with Gasteiger partial charge < -0.3 is 15.0 Å². The van der Waals surface area contributed by atoms with Crippen LogP contribution >= 0.6 is 0 Å². The summed E-state index contributed by atoms with van der Waals surface area (Å²) in [5, 5.41) is 0. The summed E-state index contributed by atoms with van der Waals surface area (Å²) in [4.78, 5) is 4.48. The highest BCUT2D eigenvalue weighted by Gasteiger charge is 2.40. The Balaban J connectivity index is 2.26. The average Bonchev–Trinajstić information content (AvgIpc) is 2.77. The standard InChI is InChI=1S/C15H27N3O/c1-3-18-12-11-17-14(18)13(16)15(19-4-2)9-7-5-6-8-10-15/h11-13H,3-10,16H2,1-2H3. The summed E-state index contributed by atoms with van der Waals surface area (Å²) in [6.45, 7) is 5.82. The zero-order valence-electron chi connectivity index (χ0n) is 12.3. The number of ether oxygens (including phenoxy) is 1. The van der Waals surface area contributed by atoms with Crippen LogP contribution in [0, 0.1) is 0 Å². The third-order valence-electron chi connectivity index (χ3n) is 4.32. The van der Waals surface area contributed by atoms with E-state index in [1.54, 1.807) is 0 Å². The van der Waals surface area contributed by atoms with Crippen molar-refractivity contribution in [3.63, 3.8) is 0 Å². The van der Waals surface area contributed by atoms with Crippen LogP contribution in [0.15, 0.2) is 12.4 Å². The molecule has 0 aliphatic heterocycles. The summed E-state index contributed by atoms with van der Waals surface area (Å²) < 4.78 is 8.29. The second-order valence-electron chi connectivity index (χ2n) is 5.46. The van der Waals surface area contributed by atoms with E-state index < -0.39 is 0 Å². The van der Waals surface area contributed by atoms with Gasteiger partial charge in [0.1, 0.15) is 5.82 Å². The molecule has 1 aliphatic rings. The number of imidazole rings is 1. The van der Waals surface area contributed by atoms with Gasteiger partial charge in [0, 0.05) is 25.5 Å². The van der Waals surface area contributed by atoms with Crippen LogP contribution in [0.4, 0.5) is 0 Å². The van der Waals surface area contributed by atoms with Crippen LogP contribution in [0.1, 0.15) is 64.2 Å². The lowest BCUT2D eigenvalue weighted by Gasteiger charge is -2.37. The van der Waals surface area contributed by atoms with E-state index in [1.165, 1.54) is 25.7 Å². The van der Waals surface area contributed by atoms with E-state index in [9.17, 15) is 0 Å². The van der Waals surface area contributed by atoms with Gasteiger partial charge in [0.2, 0.25) is 0 Å². The van der Waals surface area contributed by atoms with E-state index in [0.717, 1.165) is 31.8 Å². The van der Waals surface area contributed by atoms with Crippen LogP contribution < -0.4 is 5.73 Å². The molecule has 19 heavy (non-hydrogen) atoms. The van der Waals surface area contributed by atoms with E-state index in [0.29, 0.717) is 0 Å². The summed E-state index contributed by atoms with van der Waals surface area (Å²) in [7, 11) is 0. The van der Waals surface area contributed by atoms with Crippen LogP contribution in [0.5, 0.6) is 0 Å². The molecule has 0 saturated heterocycles. The molecule has 1 unspecified atom stereocenters. The van der Waals surface area contributed by atoms with Gasteiger partial charge in [-0.05, 0) is 26.7 Å². The van der Waals surface area contributed by atoms with E-state index in [-0.39, 0.29) is 11.6 Å². The molecule has 108 valence electrons. The van der Waals surface area contributed by atoms with Crippen molar-refractivity contribution < 1.29 is 4.74 Å². The van der Waals surface area contributed by atoms with Crippen molar-refractivity contribution in [2.75, 3.05) is 6.61 Å². The fourth-order valence-electron chi connectivity index (χ4n) is 3.26. The molecule has 0 amide bonds. The molecule has 1 aromatic heterocycles. The van der Waals surface area contributed by atoms with Gasteiger partial charge in [0.25, 0.3) is 0 Å². The first-order valence-corrected chi connectivity index (χ1v) is 7.64. The summed E-state index contributed by atoms with van der Waals surface area (Å²) >= 11 is 0. The Kier molecular flexibility index (Phi) is 4.99. The molecule has 1 heterocycles. The highest BCUT2D eigenvalue weighted by Crippen LogP contribution is 2.38. The fourth-order valence-corrected chi connectivity index (χ4v) is 3.26. The van der Waals surface area contributed by atoms with Gasteiger partial charge in [0.15, 0.2) is 0 Å². The minimum absolute atomic E-state index is 0.125. The van der Waals surface area contributed by atoms with Crippen molar-refractivity contribution in [1.29, 1.82) is 0 Å². The Morgan fingerprint density at radius 2 is 2.00 bits per heavy atom. The van der Waals surface area contributed by atoms with Crippen LogP contribution in [0.2, 0.25) is 0 Å². The van der Waals surface area contributed by atoms with Crippen molar-refractivity contribution in [3.05, 3.63) is 18.2 Å². The molecule has 0 radical (unpaired) electrons. The van der Waals surface area contributed by atoms with Crippen LogP contribution in [0.3, 0.4) is 0 Å². The quantitative estimate of drug-likeness (QED) is 0.833. The van der Waals surface area contributed by atoms with Crippen molar-refractivity contribution in [1.82, 2.24) is 9.55 Å². The molecule has 2 N–H and O–H groups in total. The molecule has 1 aliphatic carbocycles. The minimum atomic E-state index is -0.219. The number of aromatic nitrogens is 2. The van der Waals surface area contributed by atoms with Crippen LogP contribution in [0.25, 0.3) is 0 Å². The highest BCUT2D eigenvalue weighted by atomic mass is 16.5. The number of rotatable bonds is 5. The molecular formula is C15H27N3O. The van der Waals surface area contributed by atoms with E-state index in [4.69, 9.17) is 10.5 Å². The smallest absolute Gasteiger partial charge is 0.128 e. The minimum Gasteiger partial charge on any atom is -0.373 e. The molecule has 1 atom stereocenters. The lowest BCUT2D eigenvalue weighted by Crippen LogP contribution is -2.44. The Bertz CT molecular complexity index is 380. The van der Waals surface area contributed by atoms with E-state index in [2.05, 4.69) is 23.4 Å². The van der Waals surface area contributed by atoms with Crippen molar-refractivity contribution in [3.8, 4) is 0 Å². The number of hydrogen-bond acceptors (Lipinski definition) is 3. The molecule has 1 saturated carbocycles. The van der Waals surface area contributed by atoms with E-state index in [1.807, 2.05) is 12.4 Å². The maximum atomic E-state index is 6.57. The molecule has 0 aromatic carbocycles. The predicted molar refractivity (Wildman–Crippen MR) is 76.9 cm³/mol. The molecule has 1 aromatic rings. The second kappa shape index (κ2) is 6.53. The molecule has 0 spiro atoms. The van der Waals surface area contributed by atoms with Gasteiger partial charge in [-0.2, -0.15) is 0 Å². The first kappa shape index (κ1) is 14.5. The van der Waals surface area contributed by atoms with Gasteiger partial charge in [-0.25, -0.2) is 4.98 Å². The average molecular weight is 265 g/mol. The van der Waals surface area contributed by atoms with Crippen molar-refractivity contribution in [2.24, 2.45) is 5.73 Å². The van der Waals surface area contributed by atoms with Gasteiger partial charge in [-0.3, -0.25) is 0 Å². The van der Waals surface area contributed by atoms with Gasteiger partial charge >= 0.3 is 0 Å². The zero-order valence-corrected chi connectivity index (χ0v) is 12.3. The summed E-state index contributed by atoms with van der Waals surface area (Å²) in [6.07, 6.45) is 11.0. The number of aryl methyl sites for hydroxylation is 1. The third kappa shape index (κ3) is 3.00. The molecule has 2 rings (SSSR count). The second-order valence-corrected chi connectivity index (χ2v) is 5.46. The number of nitrogens with zero attached hydrogens (tertiary/aromatic N) is 2. The van der Waals surface area contributed by atoms with Crippen molar-refractivity contribution in [2.45, 2.75) is 70.6 Å². The highest BCUT2D eigenvalue weighted by molar-refractivity contribution is 5.07. The maximum absolute atomic E-state index is 6.57. The van der Waals surface area contributed by atoms with Gasteiger partial charge in [-0.1, -0.05) is 25.7 Å². The molecule has 4 nitrogen and oxygen atoms in total. The molecular weight excluding hydrogens is 238 g/mol. The van der Waals surface area contributed by atoms with Gasteiger partial charge in [0.05, 0.1) is 11.6 Å². The van der Waals surface area contributed by atoms with Crippen LogP contribution in [-0.4, -0.2) is 21.8 Å². The first-order valence-electron chi connectivity index (χ1n) is 7.64. The first-order chi connectivity index (χ1) is 9.23. The summed E-state index contributed by atoms with van der Waals surface area (Å²) in [5.74, 6) is 0.970. The monoisotopic (exact) mass is 265 g/mol. The van der Waals surface area contributed by atoms with Crippen LogP contribution in [-0.2, 0) is 11.3 Å². The lowest BCUT2D eigenvalue weighted by molar-refractivity contribution is -0.0718. The Labute approximate surface area is 116 Å². The Hall–Kier alpha value is -0.870. The SMILES string of the molecule is CCOC1(C(N)c2nccn2CC)CCCCCC1. The molecule has 4 heteroatoms. The molecule has 0 bridgehead atoms. The maximum Gasteiger partial charge on any atom is 0.128 e. The lowest BCUT2D eigenvalue weighted by atomic mass is 9.86. The number of nitrogens with two attached hydrogens (primary N) is 1. The Morgan fingerprint density at radius 1 is 1.32 bits per heavy atom. The van der Waals surface area contributed by atoms with E-state index >= 15 is 0 Å². The summed E-state index contributed by atoms with van der Waals surface area (Å²) in [6, 6.07) is -0.125. The fraction of sp³-hybridized carbons (Fsp3) is 0.800. The molecule has 1 fully saturated rings. The third-order valence-corrected chi connectivity index (χ3v) is 4.32. The summed E-state index contributed by atoms with van der Waals surface area (Å²) in [5.41, 5.74) is 6.35. The Morgan fingerprint density at radius 3 is 2.58 bits per heavy atom. The predicted octanol–water partition coefficient (Wildman–Crippen LogP) is 3.03. The largest absolute Gasteiger partial charge is 0.373 e. The number of hydrogen-bond donors (Lipinski definition) is 1. The van der Waals surface area contributed by atoms with Crippen molar-refractivity contribution >= 4 is 0 Å². The topological polar surface area (TPSA) is 53.1 Å².